The molecule has 0 radical (unpaired) electrons. The predicted octanol–water partition coefficient (Wildman–Crippen LogP) is -0.0304. The van der Waals surface area contributed by atoms with Gasteiger partial charge < -0.3 is 9.47 Å². The molecule has 0 aliphatic rings. The van der Waals surface area contributed by atoms with Gasteiger partial charge in [0.25, 0.3) is 0 Å². The van der Waals surface area contributed by atoms with E-state index in [1.165, 1.54) is 0 Å². The molecule has 6 heteroatoms. The Morgan fingerprint density at radius 2 is 2.40 bits per heavy atom. The van der Waals surface area contributed by atoms with Crippen molar-refractivity contribution in [2.24, 2.45) is 12.9 Å². The molecular formula is C9H18N4O2. The lowest BCUT2D eigenvalue weighted by atomic mass is 10.2. The standard InChI is InChI=1S/C9H18N4O2/c1-4-15-6-7(12-10)9-8(14-3)5-11-13(9)2/h5,7,12H,4,6,10H2,1-3H3. The number of hydrogen-bond donors (Lipinski definition) is 2. The largest absolute Gasteiger partial charge is 0.493 e. The molecule has 1 atom stereocenters. The van der Waals surface area contributed by atoms with E-state index in [4.69, 9.17) is 15.3 Å². The molecule has 0 saturated carbocycles. The Bertz CT molecular complexity index is 300. The molecule has 3 N–H and O–H groups in total. The van der Waals surface area contributed by atoms with E-state index in [1.54, 1.807) is 18.0 Å². The molecule has 1 aromatic heterocycles. The van der Waals surface area contributed by atoms with Crippen LogP contribution >= 0.6 is 0 Å². The lowest BCUT2D eigenvalue weighted by Crippen LogP contribution is -2.33. The Hall–Kier alpha value is -1.11. The number of aromatic nitrogens is 2. The van der Waals surface area contributed by atoms with E-state index in [1.807, 2.05) is 14.0 Å². The quantitative estimate of drug-likeness (QED) is 0.514. The Morgan fingerprint density at radius 3 is 2.93 bits per heavy atom. The number of aryl methyl sites for hydroxylation is 1. The molecule has 1 unspecified atom stereocenters. The van der Waals surface area contributed by atoms with Crippen LogP contribution in [0.4, 0.5) is 0 Å². The molecular weight excluding hydrogens is 196 g/mol. The molecule has 0 aliphatic carbocycles. The van der Waals surface area contributed by atoms with Crippen LogP contribution in [0.25, 0.3) is 0 Å². The monoisotopic (exact) mass is 214 g/mol. The van der Waals surface area contributed by atoms with Crippen LogP contribution in [0, 0.1) is 0 Å². The highest BCUT2D eigenvalue weighted by Gasteiger charge is 2.19. The third kappa shape index (κ3) is 2.68. The maximum absolute atomic E-state index is 5.47. The van der Waals surface area contributed by atoms with Crippen LogP contribution in [0.5, 0.6) is 5.75 Å². The van der Waals surface area contributed by atoms with Gasteiger partial charge in [0.1, 0.15) is 5.69 Å². The van der Waals surface area contributed by atoms with Gasteiger partial charge >= 0.3 is 0 Å². The maximum Gasteiger partial charge on any atom is 0.161 e. The fourth-order valence-corrected chi connectivity index (χ4v) is 1.42. The smallest absolute Gasteiger partial charge is 0.161 e. The van der Waals surface area contributed by atoms with Crippen LogP contribution in [0.2, 0.25) is 0 Å². The van der Waals surface area contributed by atoms with Gasteiger partial charge in [-0.2, -0.15) is 5.10 Å². The highest BCUT2D eigenvalue weighted by Crippen LogP contribution is 2.23. The van der Waals surface area contributed by atoms with Crippen molar-refractivity contribution in [2.45, 2.75) is 13.0 Å². The third-order valence-corrected chi connectivity index (χ3v) is 2.19. The van der Waals surface area contributed by atoms with E-state index in [0.29, 0.717) is 19.0 Å². The van der Waals surface area contributed by atoms with Gasteiger partial charge in [-0.1, -0.05) is 0 Å². The van der Waals surface area contributed by atoms with Crippen LogP contribution in [0.1, 0.15) is 18.7 Å². The van der Waals surface area contributed by atoms with Crippen molar-refractivity contribution in [1.82, 2.24) is 15.2 Å². The number of methoxy groups -OCH3 is 1. The number of nitrogens with one attached hydrogen (secondary N) is 1. The first-order valence-corrected chi connectivity index (χ1v) is 4.84. The molecule has 0 bridgehead atoms. The topological polar surface area (TPSA) is 74.3 Å². The summed E-state index contributed by atoms with van der Waals surface area (Å²) < 4.78 is 12.2. The molecule has 1 rings (SSSR count). The number of hydrazine groups is 1. The molecule has 0 fully saturated rings. The summed E-state index contributed by atoms with van der Waals surface area (Å²) in [4.78, 5) is 0. The number of rotatable bonds is 6. The van der Waals surface area contributed by atoms with Gasteiger partial charge in [0.2, 0.25) is 0 Å². The zero-order valence-electron chi connectivity index (χ0n) is 9.36. The number of hydrogen-bond acceptors (Lipinski definition) is 5. The lowest BCUT2D eigenvalue weighted by Gasteiger charge is -2.17. The van der Waals surface area contributed by atoms with Crippen molar-refractivity contribution < 1.29 is 9.47 Å². The maximum atomic E-state index is 5.47. The van der Waals surface area contributed by atoms with E-state index in [-0.39, 0.29) is 6.04 Å². The van der Waals surface area contributed by atoms with Gasteiger partial charge in [-0.05, 0) is 6.92 Å². The van der Waals surface area contributed by atoms with E-state index in [2.05, 4.69) is 10.5 Å². The molecule has 6 nitrogen and oxygen atoms in total. The van der Waals surface area contributed by atoms with Crippen molar-refractivity contribution in [3.8, 4) is 5.75 Å². The van der Waals surface area contributed by atoms with Gasteiger partial charge in [0.05, 0.1) is 26.0 Å². The summed E-state index contributed by atoms with van der Waals surface area (Å²) in [5.41, 5.74) is 3.57. The minimum absolute atomic E-state index is 0.118. The van der Waals surface area contributed by atoms with Crippen molar-refractivity contribution in [2.75, 3.05) is 20.3 Å². The zero-order valence-corrected chi connectivity index (χ0v) is 9.36. The van der Waals surface area contributed by atoms with E-state index in [0.717, 1.165) is 5.69 Å². The number of nitrogens with two attached hydrogens (primary N) is 1. The van der Waals surface area contributed by atoms with Crippen LogP contribution in [-0.2, 0) is 11.8 Å². The first-order valence-electron chi connectivity index (χ1n) is 4.84. The molecule has 15 heavy (non-hydrogen) atoms. The average Bonchev–Trinajstić information content (AvgIpc) is 2.62. The number of ether oxygens (including phenoxy) is 2. The van der Waals surface area contributed by atoms with Gasteiger partial charge in [-0.15, -0.1) is 0 Å². The SMILES string of the molecule is CCOCC(NN)c1c(OC)cnn1C. The summed E-state index contributed by atoms with van der Waals surface area (Å²) in [5.74, 6) is 6.18. The molecule has 86 valence electrons. The Labute approximate surface area is 89.3 Å². The average molecular weight is 214 g/mol. The van der Waals surface area contributed by atoms with Crippen LogP contribution < -0.4 is 16.0 Å². The first-order chi connectivity index (χ1) is 7.24. The minimum Gasteiger partial charge on any atom is -0.493 e. The van der Waals surface area contributed by atoms with Crippen LogP contribution in [-0.4, -0.2) is 30.1 Å². The molecule has 1 heterocycles. The summed E-state index contributed by atoms with van der Waals surface area (Å²) in [7, 11) is 3.45. The second-order valence-electron chi connectivity index (χ2n) is 3.10. The van der Waals surface area contributed by atoms with Crippen molar-refractivity contribution in [1.29, 1.82) is 0 Å². The first kappa shape index (κ1) is 12.0. The molecule has 0 aromatic carbocycles. The Balaban J connectivity index is 2.84. The summed E-state index contributed by atoms with van der Waals surface area (Å²) in [6.45, 7) is 3.08. The summed E-state index contributed by atoms with van der Waals surface area (Å²) in [6.07, 6.45) is 1.66. The molecule has 1 aromatic rings. The summed E-state index contributed by atoms with van der Waals surface area (Å²) in [6, 6.07) is -0.118. The van der Waals surface area contributed by atoms with Gasteiger partial charge in [0.15, 0.2) is 5.75 Å². The lowest BCUT2D eigenvalue weighted by molar-refractivity contribution is 0.120. The van der Waals surface area contributed by atoms with Crippen molar-refractivity contribution in [3.63, 3.8) is 0 Å². The fraction of sp³-hybridized carbons (Fsp3) is 0.667. The second-order valence-corrected chi connectivity index (χ2v) is 3.10. The van der Waals surface area contributed by atoms with E-state index >= 15 is 0 Å². The van der Waals surface area contributed by atoms with Gasteiger partial charge in [-0.3, -0.25) is 10.5 Å². The Kier molecular flexibility index (Phi) is 4.54. The van der Waals surface area contributed by atoms with Crippen molar-refractivity contribution in [3.05, 3.63) is 11.9 Å². The predicted molar refractivity (Wildman–Crippen MR) is 56.3 cm³/mol. The molecule has 0 amide bonds. The minimum atomic E-state index is -0.118. The second kappa shape index (κ2) is 5.69. The fourth-order valence-electron chi connectivity index (χ4n) is 1.42. The normalized spacial score (nSPS) is 12.8. The van der Waals surface area contributed by atoms with Crippen LogP contribution in [0.15, 0.2) is 6.20 Å². The number of nitrogens with zero attached hydrogens (tertiary/aromatic N) is 2. The van der Waals surface area contributed by atoms with Crippen LogP contribution in [0.3, 0.4) is 0 Å². The zero-order chi connectivity index (χ0) is 11.3. The highest BCUT2D eigenvalue weighted by molar-refractivity contribution is 5.28. The molecule has 0 saturated heterocycles. The van der Waals surface area contributed by atoms with E-state index < -0.39 is 0 Å². The van der Waals surface area contributed by atoms with E-state index in [9.17, 15) is 0 Å². The van der Waals surface area contributed by atoms with Crippen molar-refractivity contribution >= 4 is 0 Å². The molecule has 0 aliphatic heterocycles. The van der Waals surface area contributed by atoms with Gasteiger partial charge in [-0.25, -0.2) is 5.43 Å². The van der Waals surface area contributed by atoms with Gasteiger partial charge in [0, 0.05) is 13.7 Å². The Morgan fingerprint density at radius 1 is 1.67 bits per heavy atom. The summed E-state index contributed by atoms with van der Waals surface area (Å²) >= 11 is 0. The summed E-state index contributed by atoms with van der Waals surface area (Å²) in [5, 5.41) is 4.10. The highest BCUT2D eigenvalue weighted by atomic mass is 16.5. The third-order valence-electron chi connectivity index (χ3n) is 2.19. The molecule has 0 spiro atoms.